The third-order valence-electron chi connectivity index (χ3n) is 7.82. The lowest BCUT2D eigenvalue weighted by atomic mass is 10.00. The first-order valence-corrected chi connectivity index (χ1v) is 15.4. The van der Waals surface area contributed by atoms with Gasteiger partial charge >= 0.3 is 5.97 Å². The van der Waals surface area contributed by atoms with E-state index in [1.54, 1.807) is 0 Å². The molecule has 0 aromatic heterocycles. The van der Waals surface area contributed by atoms with Gasteiger partial charge in [0.1, 0.15) is 5.75 Å². The number of rotatable bonds is 14. The normalized spacial score (nSPS) is 15.7. The minimum Gasteiger partial charge on any atom is -0.494 e. The minimum absolute atomic E-state index is 0.0583. The molecule has 0 bridgehead atoms. The summed E-state index contributed by atoms with van der Waals surface area (Å²) in [7, 11) is 1.83. The monoisotopic (exact) mass is 618 g/mol. The Morgan fingerprint density at radius 3 is 2.50 bits per heavy atom. The molecule has 0 saturated carbocycles. The quantitative estimate of drug-likeness (QED) is 0.297. The summed E-state index contributed by atoms with van der Waals surface area (Å²) in [5.41, 5.74) is 2.57. The number of nitrogens with zero attached hydrogens (tertiary/aromatic N) is 4. The largest absolute Gasteiger partial charge is 0.494 e. The molecular weight excluding hydrogens is 579 g/mol. The van der Waals surface area contributed by atoms with Gasteiger partial charge in [0.15, 0.2) is 0 Å². The molecular formula is C31H40Cl2N4O5. The molecule has 0 unspecified atom stereocenters. The molecule has 2 amide bonds. The lowest BCUT2D eigenvalue weighted by molar-refractivity contribution is -0.137. The molecule has 0 radical (unpaired) electrons. The molecule has 1 fully saturated rings. The summed E-state index contributed by atoms with van der Waals surface area (Å²) in [6, 6.07) is 11.4. The van der Waals surface area contributed by atoms with Crippen molar-refractivity contribution in [3.8, 4) is 5.75 Å². The number of piperazine rings is 1. The maximum Gasteiger partial charge on any atom is 0.304 e. The van der Waals surface area contributed by atoms with Gasteiger partial charge in [-0.05, 0) is 69.6 Å². The predicted octanol–water partition coefficient (Wildman–Crippen LogP) is 4.97. The van der Waals surface area contributed by atoms with Gasteiger partial charge in [-0.25, -0.2) is 0 Å². The van der Waals surface area contributed by atoms with Gasteiger partial charge in [0.05, 0.1) is 34.4 Å². The van der Waals surface area contributed by atoms with Crippen molar-refractivity contribution < 1.29 is 24.2 Å². The first-order chi connectivity index (χ1) is 20.2. The molecule has 42 heavy (non-hydrogen) atoms. The summed E-state index contributed by atoms with van der Waals surface area (Å²) in [6.07, 6.45) is 3.64. The number of aliphatic carboxylic acids is 1. The van der Waals surface area contributed by atoms with E-state index >= 15 is 0 Å². The number of carbonyl (C=O) groups excluding carboxylic acids is 2. The van der Waals surface area contributed by atoms with E-state index in [0.29, 0.717) is 60.4 Å². The molecule has 4 rings (SSSR count). The highest BCUT2D eigenvalue weighted by Gasteiger charge is 2.29. The molecule has 228 valence electrons. The van der Waals surface area contributed by atoms with Crippen LogP contribution in [-0.2, 0) is 20.8 Å². The fourth-order valence-electron chi connectivity index (χ4n) is 5.40. The van der Waals surface area contributed by atoms with Crippen LogP contribution in [0.5, 0.6) is 5.75 Å². The lowest BCUT2D eigenvalue weighted by Gasteiger charge is -2.36. The Labute approximate surface area is 257 Å². The van der Waals surface area contributed by atoms with Crippen LogP contribution in [0, 0.1) is 0 Å². The number of hydrogen-bond donors (Lipinski definition) is 1. The maximum absolute atomic E-state index is 13.0. The third kappa shape index (κ3) is 8.83. The lowest BCUT2D eigenvalue weighted by Crippen LogP contribution is -2.46. The van der Waals surface area contributed by atoms with E-state index in [1.165, 1.54) is 4.90 Å². The summed E-state index contributed by atoms with van der Waals surface area (Å²) in [5, 5.41) is 10.0. The van der Waals surface area contributed by atoms with E-state index in [9.17, 15) is 14.4 Å². The van der Waals surface area contributed by atoms with E-state index in [4.69, 9.17) is 33.0 Å². The number of unbranched alkanes of at least 4 members (excludes halogenated alkanes) is 1. The van der Waals surface area contributed by atoms with Crippen LogP contribution >= 0.6 is 23.2 Å². The summed E-state index contributed by atoms with van der Waals surface area (Å²) < 4.78 is 6.03. The molecule has 2 aliphatic heterocycles. The molecule has 2 aromatic rings. The molecule has 9 nitrogen and oxygen atoms in total. The zero-order valence-corrected chi connectivity index (χ0v) is 25.7. The first-order valence-electron chi connectivity index (χ1n) is 14.7. The van der Waals surface area contributed by atoms with Gasteiger partial charge in [-0.2, -0.15) is 0 Å². The number of imide groups is 1. The van der Waals surface area contributed by atoms with Crippen LogP contribution in [0.3, 0.4) is 0 Å². The van der Waals surface area contributed by atoms with Crippen molar-refractivity contribution in [2.24, 2.45) is 0 Å². The standard InChI is InChI=1S/C31H40Cl2N4O5/c1-34(16-13-30(40)41)14-5-8-28(38)37-27-22-24(11-9-23(27)10-12-29(37)39)42-21-3-2-15-35-17-19-36(20-18-35)26-7-4-6-25(32)31(26)33/h4,6-7,9,11,22H,2-3,5,8,10,12-21H2,1H3,(H,40,41). The second-order valence-electron chi connectivity index (χ2n) is 10.9. The van der Waals surface area contributed by atoms with Crippen LogP contribution in [-0.4, -0.2) is 92.2 Å². The average Bonchev–Trinajstić information content (AvgIpc) is 2.97. The van der Waals surface area contributed by atoms with Gasteiger partial charge in [0.2, 0.25) is 11.8 Å². The molecule has 0 spiro atoms. The number of fused-ring (bicyclic) bond motifs is 1. The predicted molar refractivity (Wildman–Crippen MR) is 166 cm³/mol. The van der Waals surface area contributed by atoms with Crippen LogP contribution in [0.2, 0.25) is 10.0 Å². The van der Waals surface area contributed by atoms with Crippen molar-refractivity contribution in [3.63, 3.8) is 0 Å². The van der Waals surface area contributed by atoms with Crippen LogP contribution in [0.15, 0.2) is 36.4 Å². The smallest absolute Gasteiger partial charge is 0.304 e. The zero-order valence-electron chi connectivity index (χ0n) is 24.2. The Morgan fingerprint density at radius 2 is 1.74 bits per heavy atom. The Morgan fingerprint density at radius 1 is 0.952 bits per heavy atom. The zero-order chi connectivity index (χ0) is 30.1. The Balaban J connectivity index is 1.20. The number of carboxylic acids is 1. The molecule has 0 aliphatic carbocycles. The summed E-state index contributed by atoms with van der Waals surface area (Å²) in [5.74, 6) is -0.618. The molecule has 1 saturated heterocycles. The van der Waals surface area contributed by atoms with Crippen LogP contribution in [0.25, 0.3) is 0 Å². The van der Waals surface area contributed by atoms with Crippen molar-refractivity contribution in [2.75, 3.05) is 69.3 Å². The molecule has 2 heterocycles. The van der Waals surface area contributed by atoms with Crippen molar-refractivity contribution in [1.29, 1.82) is 0 Å². The summed E-state index contributed by atoms with van der Waals surface area (Å²) in [4.78, 5) is 44.5. The van der Waals surface area contributed by atoms with Crippen molar-refractivity contribution >= 4 is 52.4 Å². The van der Waals surface area contributed by atoms with Crippen LogP contribution < -0.4 is 14.5 Å². The van der Waals surface area contributed by atoms with Gasteiger partial charge < -0.3 is 19.6 Å². The number of anilines is 2. The molecule has 1 N–H and O–H groups in total. The number of benzene rings is 2. The second-order valence-corrected chi connectivity index (χ2v) is 11.7. The number of carboxylic acid groups (broad SMARTS) is 1. The van der Waals surface area contributed by atoms with Gasteiger partial charge in [0, 0.05) is 51.6 Å². The fourth-order valence-corrected chi connectivity index (χ4v) is 5.82. The Hall–Kier alpha value is -2.85. The van der Waals surface area contributed by atoms with E-state index in [0.717, 1.165) is 56.8 Å². The van der Waals surface area contributed by atoms with Crippen LogP contribution in [0.4, 0.5) is 11.4 Å². The summed E-state index contributed by atoms with van der Waals surface area (Å²) >= 11 is 12.6. The third-order valence-corrected chi connectivity index (χ3v) is 8.63. The molecule has 11 heteroatoms. The fraction of sp³-hybridized carbons (Fsp3) is 0.516. The maximum atomic E-state index is 13.0. The number of aryl methyl sites for hydroxylation is 1. The molecule has 2 aliphatic rings. The SMILES string of the molecule is CN(CCCC(=O)N1C(=O)CCc2ccc(OCCCCN3CCN(c4cccc(Cl)c4Cl)CC3)cc21)CCC(=O)O. The second kappa shape index (κ2) is 15.6. The van der Waals surface area contributed by atoms with E-state index in [-0.39, 0.29) is 24.7 Å². The summed E-state index contributed by atoms with van der Waals surface area (Å²) in [6.45, 7) is 6.29. The number of hydrogen-bond acceptors (Lipinski definition) is 7. The number of halogens is 2. The highest BCUT2D eigenvalue weighted by molar-refractivity contribution is 6.43. The van der Waals surface area contributed by atoms with E-state index in [1.807, 2.05) is 48.3 Å². The minimum atomic E-state index is -0.846. The highest BCUT2D eigenvalue weighted by atomic mass is 35.5. The van der Waals surface area contributed by atoms with Crippen molar-refractivity contribution in [2.45, 2.75) is 44.9 Å². The first kappa shape index (κ1) is 32.1. The van der Waals surface area contributed by atoms with Crippen molar-refractivity contribution in [3.05, 3.63) is 52.0 Å². The highest BCUT2D eigenvalue weighted by Crippen LogP contribution is 2.34. The van der Waals surface area contributed by atoms with Crippen LogP contribution in [0.1, 0.15) is 44.1 Å². The Bertz CT molecular complexity index is 1250. The van der Waals surface area contributed by atoms with E-state index in [2.05, 4.69) is 9.80 Å². The molecule has 2 aromatic carbocycles. The van der Waals surface area contributed by atoms with Gasteiger partial charge in [-0.3, -0.25) is 24.2 Å². The Kier molecular flexibility index (Phi) is 11.9. The van der Waals surface area contributed by atoms with Gasteiger partial charge in [-0.1, -0.05) is 35.3 Å². The van der Waals surface area contributed by atoms with Gasteiger partial charge in [0.25, 0.3) is 0 Å². The van der Waals surface area contributed by atoms with E-state index < -0.39 is 5.97 Å². The molecule has 0 atom stereocenters. The number of carbonyl (C=O) groups is 3. The number of ether oxygens (including phenoxy) is 1. The van der Waals surface area contributed by atoms with Gasteiger partial charge in [-0.15, -0.1) is 0 Å². The number of amides is 2. The topological polar surface area (TPSA) is 93.6 Å². The average molecular weight is 620 g/mol. The van der Waals surface area contributed by atoms with Crippen molar-refractivity contribution in [1.82, 2.24) is 9.80 Å².